The molecule has 4 rings (SSSR count). The van der Waals surface area contributed by atoms with E-state index in [-0.39, 0.29) is 5.82 Å². The van der Waals surface area contributed by atoms with Crippen LogP contribution < -0.4 is 0 Å². The molecule has 2 aliphatic heterocycles. The van der Waals surface area contributed by atoms with Crippen LogP contribution >= 0.6 is 0 Å². The SMILES string of the molecule is Cc1c(CN2CCC(N3CCCC3=O)CC2)[nH]c2ccc(F)cc12. The third kappa shape index (κ3) is 2.81. The van der Waals surface area contributed by atoms with E-state index >= 15 is 0 Å². The van der Waals surface area contributed by atoms with Crippen LogP contribution in [-0.4, -0.2) is 46.4 Å². The molecule has 0 saturated carbocycles. The van der Waals surface area contributed by atoms with E-state index in [1.165, 1.54) is 11.8 Å². The average Bonchev–Trinajstić information content (AvgIpc) is 3.13. The number of nitrogens with one attached hydrogen (secondary N) is 1. The number of aromatic nitrogens is 1. The maximum atomic E-state index is 13.5. The first-order valence-electron chi connectivity index (χ1n) is 8.90. The molecule has 1 aromatic carbocycles. The van der Waals surface area contributed by atoms with E-state index in [9.17, 15) is 9.18 Å². The van der Waals surface area contributed by atoms with Crippen molar-refractivity contribution in [1.82, 2.24) is 14.8 Å². The Hall–Kier alpha value is -1.88. The summed E-state index contributed by atoms with van der Waals surface area (Å²) in [6, 6.07) is 5.34. The summed E-state index contributed by atoms with van der Waals surface area (Å²) in [7, 11) is 0. The molecule has 0 aliphatic carbocycles. The fourth-order valence-electron chi connectivity index (χ4n) is 4.18. The Bertz CT molecular complexity index is 761. The monoisotopic (exact) mass is 329 g/mol. The van der Waals surface area contributed by atoms with Gasteiger partial charge in [0.15, 0.2) is 0 Å². The van der Waals surface area contributed by atoms with E-state index in [0.717, 1.165) is 68.3 Å². The lowest BCUT2D eigenvalue weighted by Crippen LogP contribution is -2.45. The number of likely N-dealkylation sites (tertiary alicyclic amines) is 2. The summed E-state index contributed by atoms with van der Waals surface area (Å²) in [6.07, 6.45) is 3.86. The number of aromatic amines is 1. The molecule has 4 nitrogen and oxygen atoms in total. The molecular weight excluding hydrogens is 305 g/mol. The van der Waals surface area contributed by atoms with Gasteiger partial charge in [0, 0.05) is 55.2 Å². The van der Waals surface area contributed by atoms with Gasteiger partial charge in [0.2, 0.25) is 5.91 Å². The van der Waals surface area contributed by atoms with Gasteiger partial charge in [-0.15, -0.1) is 0 Å². The van der Waals surface area contributed by atoms with E-state index in [0.29, 0.717) is 11.9 Å². The summed E-state index contributed by atoms with van der Waals surface area (Å²) >= 11 is 0. The number of H-pyrrole nitrogens is 1. The van der Waals surface area contributed by atoms with Crippen LogP contribution in [0, 0.1) is 12.7 Å². The highest BCUT2D eigenvalue weighted by Crippen LogP contribution is 2.26. The van der Waals surface area contributed by atoms with Gasteiger partial charge in [0.25, 0.3) is 0 Å². The Balaban J connectivity index is 1.42. The molecule has 2 saturated heterocycles. The van der Waals surface area contributed by atoms with Crippen molar-refractivity contribution >= 4 is 16.8 Å². The van der Waals surface area contributed by atoms with Crippen molar-refractivity contribution in [1.29, 1.82) is 0 Å². The first-order chi connectivity index (χ1) is 11.6. The first kappa shape index (κ1) is 15.6. The third-order valence-corrected chi connectivity index (χ3v) is 5.61. The first-order valence-corrected chi connectivity index (χ1v) is 8.90. The van der Waals surface area contributed by atoms with Crippen molar-refractivity contribution in [2.45, 2.75) is 45.2 Å². The third-order valence-electron chi connectivity index (χ3n) is 5.61. The molecule has 0 bridgehead atoms. The molecular formula is C19H24FN3O. The Labute approximate surface area is 141 Å². The second kappa shape index (κ2) is 6.20. The Morgan fingerprint density at radius 3 is 2.75 bits per heavy atom. The lowest BCUT2D eigenvalue weighted by molar-refractivity contribution is -0.130. The van der Waals surface area contributed by atoms with Gasteiger partial charge in [-0.1, -0.05) is 0 Å². The highest BCUT2D eigenvalue weighted by molar-refractivity contribution is 5.84. The van der Waals surface area contributed by atoms with Crippen LogP contribution in [0.4, 0.5) is 4.39 Å². The van der Waals surface area contributed by atoms with Gasteiger partial charge in [0.05, 0.1) is 0 Å². The van der Waals surface area contributed by atoms with Crippen molar-refractivity contribution < 1.29 is 9.18 Å². The molecule has 2 aliphatic rings. The smallest absolute Gasteiger partial charge is 0.222 e. The molecule has 0 radical (unpaired) electrons. The van der Waals surface area contributed by atoms with Crippen molar-refractivity contribution in [3.05, 3.63) is 35.3 Å². The number of aryl methyl sites for hydroxylation is 1. The van der Waals surface area contributed by atoms with Gasteiger partial charge in [0.1, 0.15) is 5.82 Å². The number of carbonyl (C=O) groups excluding carboxylic acids is 1. The van der Waals surface area contributed by atoms with Crippen molar-refractivity contribution in [2.24, 2.45) is 0 Å². The van der Waals surface area contributed by atoms with Gasteiger partial charge in [-0.05, 0) is 49.9 Å². The van der Waals surface area contributed by atoms with Crippen LogP contribution in [0.25, 0.3) is 10.9 Å². The number of carbonyl (C=O) groups is 1. The average molecular weight is 329 g/mol. The number of nitrogens with zero attached hydrogens (tertiary/aromatic N) is 2. The number of hydrogen-bond donors (Lipinski definition) is 1. The normalized spacial score (nSPS) is 20.4. The minimum absolute atomic E-state index is 0.188. The summed E-state index contributed by atoms with van der Waals surface area (Å²) < 4.78 is 13.5. The number of piperidine rings is 1. The van der Waals surface area contributed by atoms with Gasteiger partial charge < -0.3 is 9.88 Å². The van der Waals surface area contributed by atoms with Crippen LogP contribution in [0.5, 0.6) is 0 Å². The largest absolute Gasteiger partial charge is 0.357 e. The lowest BCUT2D eigenvalue weighted by atomic mass is 10.0. The molecule has 2 fully saturated rings. The summed E-state index contributed by atoms with van der Waals surface area (Å²) in [5.74, 6) is 0.147. The number of hydrogen-bond acceptors (Lipinski definition) is 2. The molecule has 3 heterocycles. The summed E-state index contributed by atoms with van der Waals surface area (Å²) in [6.45, 7) is 5.89. The molecule has 1 amide bonds. The fraction of sp³-hybridized carbons (Fsp3) is 0.526. The zero-order valence-corrected chi connectivity index (χ0v) is 14.1. The standard InChI is InChI=1S/C19H24FN3O/c1-13-16-11-14(20)4-5-17(16)21-18(13)12-22-9-6-15(7-10-22)23-8-2-3-19(23)24/h4-5,11,15,21H,2-3,6-10,12H2,1H3. The van der Waals surface area contributed by atoms with Crippen LogP contribution in [0.15, 0.2) is 18.2 Å². The second-order valence-electron chi connectivity index (χ2n) is 7.12. The van der Waals surface area contributed by atoms with E-state index in [4.69, 9.17) is 0 Å². The summed E-state index contributed by atoms with van der Waals surface area (Å²) in [4.78, 5) is 19.9. The van der Waals surface area contributed by atoms with E-state index in [2.05, 4.69) is 21.7 Å². The van der Waals surface area contributed by atoms with Gasteiger partial charge in [-0.3, -0.25) is 9.69 Å². The highest BCUT2D eigenvalue weighted by atomic mass is 19.1. The Morgan fingerprint density at radius 1 is 1.25 bits per heavy atom. The number of rotatable bonds is 3. The van der Waals surface area contributed by atoms with Crippen LogP contribution in [0.1, 0.15) is 36.9 Å². The molecule has 24 heavy (non-hydrogen) atoms. The number of fused-ring (bicyclic) bond motifs is 1. The zero-order chi connectivity index (χ0) is 16.7. The Kier molecular flexibility index (Phi) is 4.04. The second-order valence-corrected chi connectivity index (χ2v) is 7.12. The van der Waals surface area contributed by atoms with Crippen LogP contribution in [0.3, 0.4) is 0 Å². The van der Waals surface area contributed by atoms with Crippen molar-refractivity contribution in [3.63, 3.8) is 0 Å². The Morgan fingerprint density at radius 2 is 2.04 bits per heavy atom. The molecule has 0 unspecified atom stereocenters. The van der Waals surface area contributed by atoms with Crippen LogP contribution in [0.2, 0.25) is 0 Å². The highest BCUT2D eigenvalue weighted by Gasteiger charge is 2.30. The topological polar surface area (TPSA) is 39.3 Å². The summed E-state index contributed by atoms with van der Waals surface area (Å²) in [5, 5.41) is 0.975. The lowest BCUT2D eigenvalue weighted by Gasteiger charge is -2.36. The maximum absolute atomic E-state index is 13.5. The zero-order valence-electron chi connectivity index (χ0n) is 14.1. The fourth-order valence-corrected chi connectivity index (χ4v) is 4.18. The number of benzene rings is 1. The maximum Gasteiger partial charge on any atom is 0.222 e. The van der Waals surface area contributed by atoms with E-state index < -0.39 is 0 Å². The van der Waals surface area contributed by atoms with Gasteiger partial charge >= 0.3 is 0 Å². The molecule has 2 aromatic rings. The molecule has 0 spiro atoms. The minimum Gasteiger partial charge on any atom is -0.357 e. The predicted octanol–water partition coefficient (Wildman–Crippen LogP) is 3.20. The molecule has 128 valence electrons. The minimum atomic E-state index is -0.188. The predicted molar refractivity (Wildman–Crippen MR) is 92.2 cm³/mol. The quantitative estimate of drug-likeness (QED) is 0.939. The number of amides is 1. The number of halogens is 1. The molecule has 5 heteroatoms. The van der Waals surface area contributed by atoms with Gasteiger partial charge in [-0.2, -0.15) is 0 Å². The van der Waals surface area contributed by atoms with Crippen molar-refractivity contribution in [3.8, 4) is 0 Å². The molecule has 0 atom stereocenters. The van der Waals surface area contributed by atoms with Gasteiger partial charge in [-0.25, -0.2) is 4.39 Å². The van der Waals surface area contributed by atoms with Crippen LogP contribution in [-0.2, 0) is 11.3 Å². The molecule has 1 N–H and O–H groups in total. The van der Waals surface area contributed by atoms with E-state index in [1.807, 2.05) is 6.07 Å². The van der Waals surface area contributed by atoms with Crippen molar-refractivity contribution in [2.75, 3.05) is 19.6 Å². The van der Waals surface area contributed by atoms with E-state index in [1.54, 1.807) is 6.07 Å². The molecule has 1 aromatic heterocycles. The summed E-state index contributed by atoms with van der Waals surface area (Å²) in [5.41, 5.74) is 3.31.